The van der Waals surface area contributed by atoms with Gasteiger partial charge in [-0.3, -0.25) is 4.79 Å². The van der Waals surface area contributed by atoms with E-state index in [2.05, 4.69) is 5.32 Å². The fourth-order valence-corrected chi connectivity index (χ4v) is 2.28. The van der Waals surface area contributed by atoms with Crippen LogP contribution in [-0.4, -0.2) is 5.91 Å². The number of nitriles is 1. The molecule has 0 saturated carbocycles. The van der Waals surface area contributed by atoms with Gasteiger partial charge in [-0.15, -0.1) is 0 Å². The molecule has 0 atom stereocenters. The Morgan fingerprint density at radius 3 is 2.60 bits per heavy atom. The van der Waals surface area contributed by atoms with E-state index >= 15 is 0 Å². The second kappa shape index (κ2) is 5.96. The standard InChI is InChI=1S/C14H7F2IN2O/c15-9-1-3-11(13(17)6-9)14(20)19-10-2-4-12(16)8(5-10)7-18/h1-6H,(H,19,20). The molecule has 1 amide bonds. The topological polar surface area (TPSA) is 52.9 Å². The molecule has 100 valence electrons. The molecule has 0 spiro atoms. The maximum Gasteiger partial charge on any atom is 0.256 e. The second-order valence-corrected chi connectivity index (χ2v) is 5.05. The van der Waals surface area contributed by atoms with Gasteiger partial charge in [0, 0.05) is 9.26 Å². The van der Waals surface area contributed by atoms with Crippen LogP contribution in [-0.2, 0) is 0 Å². The average Bonchev–Trinajstić information content (AvgIpc) is 2.40. The van der Waals surface area contributed by atoms with Crippen LogP contribution in [0, 0.1) is 26.5 Å². The van der Waals surface area contributed by atoms with E-state index in [4.69, 9.17) is 5.26 Å². The minimum absolute atomic E-state index is 0.156. The zero-order valence-corrected chi connectivity index (χ0v) is 12.1. The summed E-state index contributed by atoms with van der Waals surface area (Å²) < 4.78 is 26.6. The van der Waals surface area contributed by atoms with Crippen LogP contribution < -0.4 is 5.32 Å². The minimum Gasteiger partial charge on any atom is -0.322 e. The Hall–Kier alpha value is -2.01. The zero-order chi connectivity index (χ0) is 14.7. The van der Waals surface area contributed by atoms with E-state index in [9.17, 15) is 13.6 Å². The molecule has 6 heteroatoms. The first kappa shape index (κ1) is 14.4. The van der Waals surface area contributed by atoms with Crippen molar-refractivity contribution in [2.24, 2.45) is 0 Å². The first-order chi connectivity index (χ1) is 9.51. The quantitative estimate of drug-likeness (QED) is 0.804. The SMILES string of the molecule is N#Cc1cc(NC(=O)c2ccc(F)cc2I)ccc1F. The van der Waals surface area contributed by atoms with E-state index < -0.39 is 17.5 Å². The Morgan fingerprint density at radius 2 is 1.95 bits per heavy atom. The second-order valence-electron chi connectivity index (χ2n) is 3.88. The molecular formula is C14H7F2IN2O. The maximum atomic E-state index is 13.2. The van der Waals surface area contributed by atoms with Crippen molar-refractivity contribution >= 4 is 34.2 Å². The number of amides is 1. The zero-order valence-electron chi connectivity index (χ0n) is 9.95. The van der Waals surface area contributed by atoms with Gasteiger partial charge in [-0.2, -0.15) is 5.26 Å². The first-order valence-corrected chi connectivity index (χ1v) is 6.55. The molecule has 2 aromatic carbocycles. The summed E-state index contributed by atoms with van der Waals surface area (Å²) in [6.45, 7) is 0. The van der Waals surface area contributed by atoms with Crippen molar-refractivity contribution in [1.29, 1.82) is 5.26 Å². The summed E-state index contributed by atoms with van der Waals surface area (Å²) >= 11 is 1.85. The molecule has 20 heavy (non-hydrogen) atoms. The fraction of sp³-hybridized carbons (Fsp3) is 0. The summed E-state index contributed by atoms with van der Waals surface area (Å²) in [5.74, 6) is -1.54. The van der Waals surface area contributed by atoms with Crippen molar-refractivity contribution < 1.29 is 13.6 Å². The van der Waals surface area contributed by atoms with E-state index in [1.165, 1.54) is 30.3 Å². The normalized spacial score (nSPS) is 9.90. The van der Waals surface area contributed by atoms with E-state index in [0.717, 1.165) is 6.07 Å². The van der Waals surface area contributed by atoms with Crippen LogP contribution >= 0.6 is 22.6 Å². The van der Waals surface area contributed by atoms with E-state index in [1.807, 2.05) is 22.6 Å². The van der Waals surface area contributed by atoms with Gasteiger partial charge in [0.2, 0.25) is 0 Å². The highest BCUT2D eigenvalue weighted by atomic mass is 127. The monoisotopic (exact) mass is 384 g/mol. The van der Waals surface area contributed by atoms with E-state index in [0.29, 0.717) is 14.8 Å². The molecular weight excluding hydrogens is 377 g/mol. The largest absolute Gasteiger partial charge is 0.322 e. The lowest BCUT2D eigenvalue weighted by Crippen LogP contribution is -2.13. The third-order valence-corrected chi connectivity index (χ3v) is 3.41. The van der Waals surface area contributed by atoms with E-state index in [-0.39, 0.29) is 5.56 Å². The van der Waals surface area contributed by atoms with Gasteiger partial charge >= 0.3 is 0 Å². The molecule has 2 aromatic rings. The van der Waals surface area contributed by atoms with Crippen molar-refractivity contribution in [1.82, 2.24) is 0 Å². The Morgan fingerprint density at radius 1 is 1.20 bits per heavy atom. The summed E-state index contributed by atoms with van der Waals surface area (Å²) in [6.07, 6.45) is 0. The summed E-state index contributed by atoms with van der Waals surface area (Å²) in [4.78, 5) is 12.0. The van der Waals surface area contributed by atoms with Gasteiger partial charge in [-0.1, -0.05) is 0 Å². The molecule has 0 aromatic heterocycles. The number of halogens is 3. The van der Waals surface area contributed by atoms with Crippen LogP contribution in [0.5, 0.6) is 0 Å². The van der Waals surface area contributed by atoms with Crippen LogP contribution in [0.15, 0.2) is 36.4 Å². The third-order valence-electron chi connectivity index (χ3n) is 2.52. The molecule has 3 nitrogen and oxygen atoms in total. The highest BCUT2D eigenvalue weighted by Crippen LogP contribution is 2.18. The Labute approximate surface area is 127 Å². The minimum atomic E-state index is -0.651. The van der Waals surface area contributed by atoms with Crippen molar-refractivity contribution in [2.45, 2.75) is 0 Å². The molecule has 0 aliphatic heterocycles. The van der Waals surface area contributed by atoms with Gasteiger partial charge in [0.05, 0.1) is 11.1 Å². The van der Waals surface area contributed by atoms with Gasteiger partial charge in [-0.25, -0.2) is 8.78 Å². The lowest BCUT2D eigenvalue weighted by molar-refractivity contribution is 0.102. The average molecular weight is 384 g/mol. The molecule has 0 aliphatic carbocycles. The first-order valence-electron chi connectivity index (χ1n) is 5.47. The molecule has 0 fully saturated rings. The lowest BCUT2D eigenvalue weighted by atomic mass is 10.1. The molecule has 0 saturated heterocycles. The smallest absolute Gasteiger partial charge is 0.256 e. The van der Waals surface area contributed by atoms with Gasteiger partial charge in [0.1, 0.15) is 17.7 Å². The number of hydrogen-bond acceptors (Lipinski definition) is 2. The molecule has 0 radical (unpaired) electrons. The van der Waals surface area contributed by atoms with Crippen LogP contribution in [0.25, 0.3) is 0 Å². The summed E-state index contributed by atoms with van der Waals surface area (Å²) in [6, 6.07) is 9.16. The summed E-state index contributed by atoms with van der Waals surface area (Å²) in [5, 5.41) is 11.3. The number of benzene rings is 2. The molecule has 2 rings (SSSR count). The number of nitrogens with one attached hydrogen (secondary N) is 1. The number of anilines is 1. The fourth-order valence-electron chi connectivity index (χ4n) is 1.56. The highest BCUT2D eigenvalue weighted by Gasteiger charge is 2.12. The van der Waals surface area contributed by atoms with Crippen LogP contribution in [0.3, 0.4) is 0 Å². The van der Waals surface area contributed by atoms with Crippen LogP contribution in [0.4, 0.5) is 14.5 Å². The Bertz CT molecular complexity index is 726. The number of hydrogen-bond donors (Lipinski definition) is 1. The number of carbonyl (C=O) groups is 1. The van der Waals surface area contributed by atoms with Gasteiger partial charge in [0.15, 0.2) is 0 Å². The van der Waals surface area contributed by atoms with Crippen molar-refractivity contribution in [2.75, 3.05) is 5.32 Å². The van der Waals surface area contributed by atoms with Crippen molar-refractivity contribution in [3.05, 3.63) is 62.7 Å². The molecule has 0 aliphatic rings. The third kappa shape index (κ3) is 3.11. The molecule has 0 bridgehead atoms. The molecule has 0 unspecified atom stereocenters. The number of nitrogens with zero attached hydrogens (tertiary/aromatic N) is 1. The maximum absolute atomic E-state index is 13.2. The predicted molar refractivity (Wildman–Crippen MR) is 78.2 cm³/mol. The molecule has 1 N–H and O–H groups in total. The van der Waals surface area contributed by atoms with Crippen LogP contribution in [0.1, 0.15) is 15.9 Å². The Balaban J connectivity index is 2.26. The predicted octanol–water partition coefficient (Wildman–Crippen LogP) is 3.69. The summed E-state index contributed by atoms with van der Waals surface area (Å²) in [7, 11) is 0. The Kier molecular flexibility index (Phi) is 4.29. The summed E-state index contributed by atoms with van der Waals surface area (Å²) in [5.41, 5.74) is 0.444. The highest BCUT2D eigenvalue weighted by molar-refractivity contribution is 14.1. The van der Waals surface area contributed by atoms with Crippen molar-refractivity contribution in [3.63, 3.8) is 0 Å². The van der Waals surface area contributed by atoms with Gasteiger partial charge in [-0.05, 0) is 59.0 Å². The lowest BCUT2D eigenvalue weighted by Gasteiger charge is -2.07. The van der Waals surface area contributed by atoms with Crippen molar-refractivity contribution in [3.8, 4) is 6.07 Å². The van der Waals surface area contributed by atoms with Gasteiger partial charge < -0.3 is 5.32 Å². The number of carbonyl (C=O) groups excluding carboxylic acids is 1. The van der Waals surface area contributed by atoms with Gasteiger partial charge in [0.25, 0.3) is 5.91 Å². The van der Waals surface area contributed by atoms with Crippen LogP contribution in [0.2, 0.25) is 0 Å². The molecule has 0 heterocycles. The van der Waals surface area contributed by atoms with E-state index in [1.54, 1.807) is 6.07 Å². The number of rotatable bonds is 2.